The molecule has 2 nitrogen and oxygen atoms in total. The van der Waals surface area contributed by atoms with Crippen LogP contribution in [0, 0.1) is 0 Å². The summed E-state index contributed by atoms with van der Waals surface area (Å²) in [5.74, 6) is 0. The molecule has 0 amide bonds. The van der Waals surface area contributed by atoms with E-state index in [1.807, 2.05) is 35.7 Å². The number of aldehydes is 1. The first kappa shape index (κ1) is 10.1. The fourth-order valence-electron chi connectivity index (χ4n) is 1.66. The molecule has 0 atom stereocenters. The summed E-state index contributed by atoms with van der Waals surface area (Å²) in [6.45, 7) is 0. The second-order valence-corrected chi connectivity index (χ2v) is 6.09. The highest BCUT2D eigenvalue weighted by Crippen LogP contribution is 2.55. The second kappa shape index (κ2) is 4.03. The van der Waals surface area contributed by atoms with Crippen LogP contribution in [0.3, 0.4) is 0 Å². The molecule has 2 aromatic rings. The van der Waals surface area contributed by atoms with E-state index in [9.17, 15) is 4.79 Å². The summed E-state index contributed by atoms with van der Waals surface area (Å²) in [4.78, 5) is 16.4. The topological polar surface area (TPSA) is 32.9 Å². The highest BCUT2D eigenvalue weighted by atomic mass is 32.2. The van der Waals surface area contributed by atoms with E-state index in [1.54, 1.807) is 0 Å². The summed E-state index contributed by atoms with van der Waals surface area (Å²) in [5, 5.41) is 0. The lowest BCUT2D eigenvalue weighted by molar-refractivity contribution is 0.111. The first-order valence-electron chi connectivity index (χ1n) is 4.93. The van der Waals surface area contributed by atoms with Crippen molar-refractivity contribution in [2.75, 3.05) is 0 Å². The Morgan fingerprint density at radius 3 is 2.31 bits per heavy atom. The highest BCUT2D eigenvalue weighted by Gasteiger charge is 2.24. The summed E-state index contributed by atoms with van der Waals surface area (Å²) in [6.07, 6.45) is 0.848. The van der Waals surface area contributed by atoms with Gasteiger partial charge in [0, 0.05) is 15.5 Å². The average molecular weight is 247 g/mol. The van der Waals surface area contributed by atoms with Crippen LogP contribution in [0.15, 0.2) is 46.2 Å². The number of carbonyl (C=O) groups excluding carboxylic acids is 1. The lowest BCUT2D eigenvalue weighted by atomic mass is 10.4. The molecule has 0 saturated heterocycles. The molecule has 1 aromatic heterocycles. The smallest absolute Gasteiger partial charge is 0.166 e. The van der Waals surface area contributed by atoms with Crippen molar-refractivity contribution in [2.45, 2.75) is 14.4 Å². The molecule has 0 saturated carbocycles. The predicted octanol–water partition coefficient (Wildman–Crippen LogP) is 3.72. The zero-order valence-electron chi connectivity index (χ0n) is 8.34. The summed E-state index contributed by atoms with van der Waals surface area (Å²) in [7, 11) is 0. The van der Waals surface area contributed by atoms with E-state index in [-0.39, 0.29) is 0 Å². The standard InChI is InChI=1S/C12H9NOS2/c14-7-8-5-6-9(13-8)12-15-10-3-1-2-4-11(10)16-12/h1-7,12-13H. The molecule has 0 unspecified atom stereocenters. The fourth-order valence-corrected chi connectivity index (χ4v) is 4.44. The summed E-state index contributed by atoms with van der Waals surface area (Å²) < 4.78 is 0.339. The summed E-state index contributed by atoms with van der Waals surface area (Å²) in [6, 6.07) is 12.2. The Labute approximate surface area is 102 Å². The van der Waals surface area contributed by atoms with Crippen LogP contribution in [0.4, 0.5) is 0 Å². The Morgan fingerprint density at radius 1 is 1.06 bits per heavy atom. The Hall–Kier alpha value is -1.13. The number of hydrogen-bond acceptors (Lipinski definition) is 3. The number of hydrogen-bond donors (Lipinski definition) is 1. The van der Waals surface area contributed by atoms with Gasteiger partial charge in [0.15, 0.2) is 6.29 Å². The molecule has 0 bridgehead atoms. The number of aromatic nitrogens is 1. The van der Waals surface area contributed by atoms with Gasteiger partial charge in [0.25, 0.3) is 0 Å². The van der Waals surface area contributed by atoms with Gasteiger partial charge in [-0.15, -0.1) is 23.5 Å². The van der Waals surface area contributed by atoms with E-state index in [2.05, 4.69) is 29.2 Å². The minimum Gasteiger partial charge on any atom is -0.355 e. The Morgan fingerprint density at radius 2 is 1.75 bits per heavy atom. The van der Waals surface area contributed by atoms with Crippen LogP contribution in [-0.2, 0) is 0 Å². The van der Waals surface area contributed by atoms with Crippen LogP contribution in [-0.4, -0.2) is 11.3 Å². The molecule has 1 aromatic carbocycles. The molecule has 1 aliphatic heterocycles. The van der Waals surface area contributed by atoms with E-state index in [1.165, 1.54) is 9.79 Å². The molecule has 80 valence electrons. The van der Waals surface area contributed by atoms with Gasteiger partial charge >= 0.3 is 0 Å². The third kappa shape index (κ3) is 1.68. The maximum atomic E-state index is 10.6. The number of H-pyrrole nitrogens is 1. The maximum absolute atomic E-state index is 10.6. The summed E-state index contributed by atoms with van der Waals surface area (Å²) in [5.41, 5.74) is 1.75. The van der Waals surface area contributed by atoms with Crippen LogP contribution >= 0.6 is 23.5 Å². The van der Waals surface area contributed by atoms with Crippen molar-refractivity contribution in [1.29, 1.82) is 0 Å². The third-order valence-electron chi connectivity index (χ3n) is 2.43. The zero-order valence-corrected chi connectivity index (χ0v) is 9.98. The van der Waals surface area contributed by atoms with Crippen molar-refractivity contribution in [3.63, 3.8) is 0 Å². The van der Waals surface area contributed by atoms with Gasteiger partial charge in [0.05, 0.1) is 10.3 Å². The minimum atomic E-state index is 0.339. The van der Waals surface area contributed by atoms with Gasteiger partial charge in [-0.05, 0) is 24.3 Å². The Kier molecular flexibility index (Phi) is 2.53. The van der Waals surface area contributed by atoms with E-state index >= 15 is 0 Å². The Bertz CT molecular complexity index is 510. The molecule has 4 heteroatoms. The van der Waals surface area contributed by atoms with Crippen LogP contribution in [0.5, 0.6) is 0 Å². The lowest BCUT2D eigenvalue weighted by Gasteiger charge is -2.03. The number of aromatic amines is 1. The van der Waals surface area contributed by atoms with Crippen molar-refractivity contribution in [1.82, 2.24) is 4.98 Å². The number of rotatable bonds is 2. The van der Waals surface area contributed by atoms with Crippen molar-refractivity contribution in [3.05, 3.63) is 47.8 Å². The van der Waals surface area contributed by atoms with Crippen molar-refractivity contribution < 1.29 is 4.79 Å². The van der Waals surface area contributed by atoms with Gasteiger partial charge in [-0.1, -0.05) is 12.1 Å². The monoisotopic (exact) mass is 247 g/mol. The molecule has 1 N–H and O–H groups in total. The van der Waals surface area contributed by atoms with Crippen LogP contribution < -0.4 is 0 Å². The zero-order chi connectivity index (χ0) is 11.0. The fraction of sp³-hybridized carbons (Fsp3) is 0.0833. The van der Waals surface area contributed by atoms with Crippen molar-refractivity contribution in [2.24, 2.45) is 0 Å². The first-order chi connectivity index (χ1) is 7.86. The van der Waals surface area contributed by atoms with E-state index in [4.69, 9.17) is 0 Å². The first-order valence-corrected chi connectivity index (χ1v) is 6.69. The maximum Gasteiger partial charge on any atom is 0.166 e. The molecule has 1 aliphatic rings. The molecular weight excluding hydrogens is 238 g/mol. The molecule has 0 spiro atoms. The van der Waals surface area contributed by atoms with Gasteiger partial charge < -0.3 is 4.98 Å². The number of carbonyl (C=O) groups is 1. The van der Waals surface area contributed by atoms with Gasteiger partial charge in [-0.2, -0.15) is 0 Å². The van der Waals surface area contributed by atoms with Crippen LogP contribution in [0.2, 0.25) is 0 Å². The van der Waals surface area contributed by atoms with Gasteiger partial charge in [-0.3, -0.25) is 4.79 Å². The van der Waals surface area contributed by atoms with Gasteiger partial charge in [0.2, 0.25) is 0 Å². The number of benzene rings is 1. The van der Waals surface area contributed by atoms with Crippen molar-refractivity contribution >= 4 is 29.8 Å². The molecule has 16 heavy (non-hydrogen) atoms. The summed E-state index contributed by atoms with van der Waals surface area (Å²) >= 11 is 3.66. The second-order valence-electron chi connectivity index (χ2n) is 3.50. The lowest BCUT2D eigenvalue weighted by Crippen LogP contribution is -1.86. The molecule has 0 fully saturated rings. The van der Waals surface area contributed by atoms with E-state index < -0.39 is 0 Å². The molecule has 2 heterocycles. The molecular formula is C12H9NOS2. The van der Waals surface area contributed by atoms with Gasteiger partial charge in [-0.25, -0.2) is 0 Å². The largest absolute Gasteiger partial charge is 0.355 e. The number of nitrogens with one attached hydrogen (secondary N) is 1. The predicted molar refractivity (Wildman–Crippen MR) is 67.1 cm³/mol. The third-order valence-corrected chi connectivity index (χ3v) is 5.29. The quantitative estimate of drug-likeness (QED) is 0.821. The van der Waals surface area contributed by atoms with E-state index in [0.29, 0.717) is 10.3 Å². The van der Waals surface area contributed by atoms with Crippen LogP contribution in [0.25, 0.3) is 0 Å². The average Bonchev–Trinajstić information content (AvgIpc) is 2.95. The highest BCUT2D eigenvalue weighted by molar-refractivity contribution is 8.18. The van der Waals surface area contributed by atoms with Crippen molar-refractivity contribution in [3.8, 4) is 0 Å². The van der Waals surface area contributed by atoms with Gasteiger partial charge in [0.1, 0.15) is 0 Å². The molecule has 0 aliphatic carbocycles. The SMILES string of the molecule is O=Cc1ccc(C2Sc3ccccc3S2)[nH]1. The van der Waals surface area contributed by atoms with E-state index in [0.717, 1.165) is 12.0 Å². The molecule has 0 radical (unpaired) electrons. The Balaban J connectivity index is 1.88. The molecule has 3 rings (SSSR count). The minimum absolute atomic E-state index is 0.339. The number of thioether (sulfide) groups is 2. The normalized spacial score (nSPS) is 15.0. The van der Waals surface area contributed by atoms with Crippen LogP contribution in [0.1, 0.15) is 20.8 Å². The number of fused-ring (bicyclic) bond motifs is 1.